The molecule has 0 saturated carbocycles. The highest BCUT2D eigenvalue weighted by Gasteiger charge is 2.14. The first-order valence-corrected chi connectivity index (χ1v) is 7.51. The number of anilines is 3. The molecule has 0 aliphatic heterocycles. The SMILES string of the molecule is CC(Nc1ncc2ncnc(Nc3ccc(F)c(Cl)c3)c2n1)C(=O)O. The Morgan fingerprint density at radius 2 is 2.12 bits per heavy atom. The van der Waals surface area contributed by atoms with E-state index in [1.165, 1.54) is 37.6 Å². The minimum Gasteiger partial charge on any atom is -0.480 e. The summed E-state index contributed by atoms with van der Waals surface area (Å²) in [5.74, 6) is -1.10. The number of carbonyl (C=O) groups is 1. The smallest absolute Gasteiger partial charge is 0.325 e. The first-order chi connectivity index (χ1) is 11.9. The van der Waals surface area contributed by atoms with Crippen LogP contribution in [-0.4, -0.2) is 37.1 Å². The van der Waals surface area contributed by atoms with Crippen molar-refractivity contribution in [2.45, 2.75) is 13.0 Å². The minimum absolute atomic E-state index is 0.0318. The van der Waals surface area contributed by atoms with Crippen molar-refractivity contribution in [2.75, 3.05) is 10.6 Å². The van der Waals surface area contributed by atoms with Gasteiger partial charge in [0.15, 0.2) is 5.82 Å². The fraction of sp³-hybridized carbons (Fsp3) is 0.133. The van der Waals surface area contributed by atoms with Crippen LogP contribution in [0, 0.1) is 5.82 Å². The molecule has 2 heterocycles. The molecule has 2 aromatic heterocycles. The summed E-state index contributed by atoms with van der Waals surface area (Å²) in [6.45, 7) is 1.47. The Labute approximate surface area is 146 Å². The van der Waals surface area contributed by atoms with E-state index in [2.05, 4.69) is 30.6 Å². The highest BCUT2D eigenvalue weighted by atomic mass is 35.5. The van der Waals surface area contributed by atoms with E-state index in [-0.39, 0.29) is 11.0 Å². The van der Waals surface area contributed by atoms with Crippen molar-refractivity contribution in [2.24, 2.45) is 0 Å². The number of nitrogens with zero attached hydrogens (tertiary/aromatic N) is 4. The van der Waals surface area contributed by atoms with Crippen LogP contribution in [0.4, 0.5) is 21.8 Å². The zero-order chi connectivity index (χ0) is 18.0. The van der Waals surface area contributed by atoms with E-state index in [1.54, 1.807) is 0 Å². The predicted molar refractivity (Wildman–Crippen MR) is 90.5 cm³/mol. The van der Waals surface area contributed by atoms with Crippen LogP contribution in [0.1, 0.15) is 6.92 Å². The molecule has 10 heteroatoms. The Morgan fingerprint density at radius 3 is 2.84 bits per heavy atom. The topological polar surface area (TPSA) is 113 Å². The molecule has 0 saturated heterocycles. The Kier molecular flexibility index (Phi) is 4.57. The molecule has 3 N–H and O–H groups in total. The zero-order valence-electron chi connectivity index (χ0n) is 12.9. The molecule has 128 valence electrons. The van der Waals surface area contributed by atoms with E-state index < -0.39 is 17.8 Å². The zero-order valence-corrected chi connectivity index (χ0v) is 13.6. The van der Waals surface area contributed by atoms with Gasteiger partial charge in [-0.05, 0) is 25.1 Å². The monoisotopic (exact) mass is 362 g/mol. The van der Waals surface area contributed by atoms with Crippen LogP contribution in [-0.2, 0) is 4.79 Å². The number of rotatable bonds is 5. The molecule has 0 fully saturated rings. The molecular formula is C15H12ClFN6O2. The summed E-state index contributed by atoms with van der Waals surface area (Å²) in [5.41, 5.74) is 1.34. The largest absolute Gasteiger partial charge is 0.480 e. The number of carboxylic acid groups (broad SMARTS) is 1. The molecule has 3 rings (SSSR count). The van der Waals surface area contributed by atoms with Gasteiger partial charge >= 0.3 is 5.97 Å². The number of nitrogens with one attached hydrogen (secondary N) is 2. The number of benzene rings is 1. The summed E-state index contributed by atoms with van der Waals surface area (Å²) in [7, 11) is 0. The molecule has 1 atom stereocenters. The number of halogens is 2. The molecule has 25 heavy (non-hydrogen) atoms. The van der Waals surface area contributed by atoms with E-state index in [0.29, 0.717) is 22.5 Å². The fourth-order valence-electron chi connectivity index (χ4n) is 1.98. The maximum atomic E-state index is 13.3. The van der Waals surface area contributed by atoms with Crippen molar-refractivity contribution in [3.8, 4) is 0 Å². The summed E-state index contributed by atoms with van der Waals surface area (Å²) >= 11 is 5.77. The molecular weight excluding hydrogens is 351 g/mol. The van der Waals surface area contributed by atoms with Crippen molar-refractivity contribution in [3.05, 3.63) is 41.6 Å². The molecule has 0 radical (unpaired) electrons. The minimum atomic E-state index is -1.03. The van der Waals surface area contributed by atoms with Gasteiger partial charge in [-0.25, -0.2) is 24.3 Å². The molecule has 8 nitrogen and oxygen atoms in total. The second-order valence-electron chi connectivity index (χ2n) is 5.11. The number of carboxylic acids is 1. The van der Waals surface area contributed by atoms with Crippen LogP contribution in [0.15, 0.2) is 30.7 Å². The second kappa shape index (κ2) is 6.81. The van der Waals surface area contributed by atoms with Gasteiger partial charge in [-0.15, -0.1) is 0 Å². The van der Waals surface area contributed by atoms with Crippen molar-refractivity contribution in [1.82, 2.24) is 19.9 Å². The lowest BCUT2D eigenvalue weighted by Crippen LogP contribution is -2.26. The maximum Gasteiger partial charge on any atom is 0.325 e. The van der Waals surface area contributed by atoms with Crippen LogP contribution in [0.3, 0.4) is 0 Å². The Balaban J connectivity index is 1.96. The molecule has 0 spiro atoms. The average molecular weight is 363 g/mol. The predicted octanol–water partition coefficient (Wildman–Crippen LogP) is 2.84. The van der Waals surface area contributed by atoms with E-state index in [4.69, 9.17) is 16.7 Å². The Morgan fingerprint density at radius 1 is 1.32 bits per heavy atom. The quantitative estimate of drug-likeness (QED) is 0.635. The third-order valence-corrected chi connectivity index (χ3v) is 3.57. The van der Waals surface area contributed by atoms with Gasteiger partial charge in [-0.1, -0.05) is 11.6 Å². The lowest BCUT2D eigenvalue weighted by Gasteiger charge is -2.11. The number of hydrogen-bond acceptors (Lipinski definition) is 7. The summed E-state index contributed by atoms with van der Waals surface area (Å²) in [4.78, 5) is 27.4. The number of aromatic nitrogens is 4. The van der Waals surface area contributed by atoms with Gasteiger partial charge in [-0.2, -0.15) is 0 Å². The van der Waals surface area contributed by atoms with Crippen molar-refractivity contribution < 1.29 is 14.3 Å². The first-order valence-electron chi connectivity index (χ1n) is 7.13. The number of aliphatic carboxylic acids is 1. The summed E-state index contributed by atoms with van der Waals surface area (Å²) in [6, 6.07) is 3.28. The lowest BCUT2D eigenvalue weighted by atomic mass is 10.3. The van der Waals surface area contributed by atoms with Gasteiger partial charge in [0.05, 0.1) is 11.2 Å². The third kappa shape index (κ3) is 3.72. The highest BCUT2D eigenvalue weighted by molar-refractivity contribution is 6.31. The second-order valence-corrected chi connectivity index (χ2v) is 5.52. The molecule has 0 aliphatic rings. The van der Waals surface area contributed by atoms with Gasteiger partial charge in [0.25, 0.3) is 0 Å². The van der Waals surface area contributed by atoms with Crippen LogP contribution in [0.25, 0.3) is 11.0 Å². The van der Waals surface area contributed by atoms with Crippen molar-refractivity contribution >= 4 is 46.1 Å². The molecule has 0 bridgehead atoms. The van der Waals surface area contributed by atoms with Crippen molar-refractivity contribution in [3.63, 3.8) is 0 Å². The van der Waals surface area contributed by atoms with Gasteiger partial charge in [-0.3, -0.25) is 4.79 Å². The lowest BCUT2D eigenvalue weighted by molar-refractivity contribution is -0.137. The van der Waals surface area contributed by atoms with E-state index in [9.17, 15) is 9.18 Å². The Bertz CT molecular complexity index is 954. The van der Waals surface area contributed by atoms with Crippen LogP contribution in [0.2, 0.25) is 5.02 Å². The van der Waals surface area contributed by atoms with Gasteiger partial charge < -0.3 is 15.7 Å². The Hall–Kier alpha value is -3.07. The van der Waals surface area contributed by atoms with Gasteiger partial charge in [0.2, 0.25) is 5.95 Å². The van der Waals surface area contributed by atoms with Crippen LogP contribution in [0.5, 0.6) is 0 Å². The molecule has 3 aromatic rings. The molecule has 1 unspecified atom stereocenters. The van der Waals surface area contributed by atoms with E-state index in [0.717, 1.165) is 0 Å². The summed E-state index contributed by atoms with van der Waals surface area (Å²) < 4.78 is 13.3. The molecule has 0 aliphatic carbocycles. The van der Waals surface area contributed by atoms with E-state index in [1.807, 2.05) is 0 Å². The number of hydrogen-bond donors (Lipinski definition) is 3. The highest BCUT2D eigenvalue weighted by Crippen LogP contribution is 2.25. The van der Waals surface area contributed by atoms with E-state index >= 15 is 0 Å². The standard InChI is InChI=1S/C15H12ClFN6O2/c1-7(14(24)25)21-15-18-5-11-12(23-15)13(20-6-19-11)22-8-2-3-10(17)9(16)4-8/h2-7H,1H3,(H,24,25)(H,18,21,23)(H,19,20,22). The van der Waals surface area contributed by atoms with Crippen LogP contribution >= 0.6 is 11.6 Å². The third-order valence-electron chi connectivity index (χ3n) is 3.28. The first kappa shape index (κ1) is 16.8. The maximum absolute atomic E-state index is 13.3. The van der Waals surface area contributed by atoms with Crippen LogP contribution < -0.4 is 10.6 Å². The van der Waals surface area contributed by atoms with Crippen molar-refractivity contribution in [1.29, 1.82) is 0 Å². The summed E-state index contributed by atoms with van der Waals surface area (Å²) in [6.07, 6.45) is 2.77. The normalized spacial score (nSPS) is 12.0. The average Bonchev–Trinajstić information content (AvgIpc) is 2.58. The van der Waals surface area contributed by atoms with Gasteiger partial charge in [0.1, 0.15) is 29.2 Å². The fourth-order valence-corrected chi connectivity index (χ4v) is 2.16. The van der Waals surface area contributed by atoms with Gasteiger partial charge in [0, 0.05) is 5.69 Å². The summed E-state index contributed by atoms with van der Waals surface area (Å²) in [5, 5.41) is 14.6. The molecule has 1 aromatic carbocycles. The number of fused-ring (bicyclic) bond motifs is 1. The molecule has 0 amide bonds.